The number of aliphatic hydroxyl groups excluding tert-OH is 2. The number of nitrogens with one attached hydrogen (secondary N) is 2. The summed E-state index contributed by atoms with van der Waals surface area (Å²) in [5.74, 6) is -0.667. The van der Waals surface area contributed by atoms with Crippen LogP contribution < -0.4 is 10.6 Å². The Labute approximate surface area is 149 Å². The highest BCUT2D eigenvalue weighted by Crippen LogP contribution is 2.28. The Morgan fingerprint density at radius 3 is 2.52 bits per heavy atom. The Morgan fingerprint density at radius 2 is 2.04 bits per heavy atom. The first kappa shape index (κ1) is 21.6. The van der Waals surface area contributed by atoms with Crippen LogP contribution in [0.1, 0.15) is 47.5 Å². The molecule has 1 aliphatic heterocycles. The molecule has 25 heavy (non-hydrogen) atoms. The van der Waals surface area contributed by atoms with Gasteiger partial charge in [-0.2, -0.15) is 0 Å². The van der Waals surface area contributed by atoms with Crippen molar-refractivity contribution in [3.63, 3.8) is 0 Å². The van der Waals surface area contributed by atoms with Crippen LogP contribution in [-0.4, -0.2) is 58.5 Å². The third-order valence-corrected chi connectivity index (χ3v) is 4.09. The van der Waals surface area contributed by atoms with E-state index < -0.39 is 23.8 Å². The zero-order valence-corrected chi connectivity index (χ0v) is 15.8. The highest BCUT2D eigenvalue weighted by Gasteiger charge is 2.43. The Balaban J connectivity index is 2.98. The van der Waals surface area contributed by atoms with Crippen LogP contribution in [0.4, 0.5) is 0 Å². The molecule has 1 rings (SSSR count). The number of hydrogen-bond acceptors (Lipinski definition) is 6. The van der Waals surface area contributed by atoms with Crippen molar-refractivity contribution >= 4 is 11.9 Å². The summed E-state index contributed by atoms with van der Waals surface area (Å²) in [7, 11) is 0. The van der Waals surface area contributed by atoms with Gasteiger partial charge in [0.25, 0.3) is 0 Å². The van der Waals surface area contributed by atoms with Crippen molar-refractivity contribution in [2.45, 2.75) is 77.3 Å². The molecule has 7 nitrogen and oxygen atoms in total. The number of allylic oxidation sites excluding steroid dienone is 1. The Kier molecular flexibility index (Phi) is 8.05. The molecule has 1 amide bonds. The second-order valence-corrected chi connectivity index (χ2v) is 7.51. The van der Waals surface area contributed by atoms with E-state index in [0.29, 0.717) is 6.42 Å². The molecule has 1 heterocycles. The first-order valence-corrected chi connectivity index (χ1v) is 8.76. The van der Waals surface area contributed by atoms with E-state index in [2.05, 4.69) is 10.6 Å². The average Bonchev–Trinajstić information content (AvgIpc) is 2.87. The Hall–Kier alpha value is -1.44. The molecule has 4 N–H and O–H groups in total. The van der Waals surface area contributed by atoms with Gasteiger partial charge < -0.3 is 20.3 Å². The fourth-order valence-corrected chi connectivity index (χ4v) is 3.17. The van der Waals surface area contributed by atoms with E-state index in [-0.39, 0.29) is 36.9 Å². The summed E-state index contributed by atoms with van der Waals surface area (Å²) in [6.07, 6.45) is 3.59. The molecular formula is C18H32N2O5. The monoisotopic (exact) mass is 356 g/mol. The van der Waals surface area contributed by atoms with Crippen LogP contribution in [0.2, 0.25) is 0 Å². The standard InChI is InChI=1S/C18H32N2O5/c1-6-7-12-10-13(17(24)25-18(3,4)5)20-15(12)16(19-11(2)22)14(23)8-9-21/h6-7,12-16,20-21,23H,8-10H2,1-5H3,(H,19,22)/b7-6-/t12-,13-,14+,15-,16+/m1/s1. The van der Waals surface area contributed by atoms with Crippen molar-refractivity contribution in [1.82, 2.24) is 10.6 Å². The summed E-state index contributed by atoms with van der Waals surface area (Å²) in [5.41, 5.74) is -0.583. The van der Waals surface area contributed by atoms with Gasteiger partial charge in [-0.1, -0.05) is 12.2 Å². The molecule has 0 aliphatic carbocycles. The number of hydrogen-bond donors (Lipinski definition) is 4. The van der Waals surface area contributed by atoms with E-state index in [4.69, 9.17) is 9.84 Å². The van der Waals surface area contributed by atoms with Crippen LogP contribution in [0.5, 0.6) is 0 Å². The molecule has 0 aromatic rings. The number of amides is 1. The second-order valence-electron chi connectivity index (χ2n) is 7.51. The molecule has 0 spiro atoms. The predicted octanol–water partition coefficient (Wildman–Crippen LogP) is 0.499. The molecule has 0 saturated carbocycles. The lowest BCUT2D eigenvalue weighted by Crippen LogP contribution is -2.57. The lowest BCUT2D eigenvalue weighted by molar-refractivity contribution is -0.157. The fourth-order valence-electron chi connectivity index (χ4n) is 3.17. The number of esters is 1. The maximum absolute atomic E-state index is 12.4. The molecule has 5 atom stereocenters. The predicted molar refractivity (Wildman–Crippen MR) is 94.8 cm³/mol. The van der Waals surface area contributed by atoms with Gasteiger partial charge in [0, 0.05) is 19.6 Å². The zero-order chi connectivity index (χ0) is 19.2. The quantitative estimate of drug-likeness (QED) is 0.391. The minimum absolute atomic E-state index is 0.0484. The van der Waals surface area contributed by atoms with Crippen LogP contribution in [0.15, 0.2) is 12.2 Å². The van der Waals surface area contributed by atoms with Crippen LogP contribution in [0.3, 0.4) is 0 Å². The maximum Gasteiger partial charge on any atom is 0.323 e. The molecule has 0 aromatic heterocycles. The summed E-state index contributed by atoms with van der Waals surface area (Å²) in [4.78, 5) is 24.0. The highest BCUT2D eigenvalue weighted by atomic mass is 16.6. The maximum atomic E-state index is 12.4. The van der Waals surface area contributed by atoms with Crippen molar-refractivity contribution in [2.24, 2.45) is 5.92 Å². The topological polar surface area (TPSA) is 108 Å². The molecule has 144 valence electrons. The van der Waals surface area contributed by atoms with Crippen molar-refractivity contribution < 1.29 is 24.5 Å². The third kappa shape index (κ3) is 6.76. The Bertz CT molecular complexity index is 486. The minimum atomic E-state index is -0.920. The molecule has 1 saturated heterocycles. The molecule has 7 heteroatoms. The van der Waals surface area contributed by atoms with E-state index in [0.717, 1.165) is 0 Å². The lowest BCUT2D eigenvalue weighted by atomic mass is 9.89. The molecule has 1 aliphatic rings. The molecular weight excluding hydrogens is 324 g/mol. The van der Waals surface area contributed by atoms with Gasteiger partial charge in [0.2, 0.25) is 5.91 Å². The molecule has 0 bridgehead atoms. The summed E-state index contributed by atoms with van der Waals surface area (Å²) in [6.45, 7) is 8.51. The number of carbonyl (C=O) groups is 2. The van der Waals surface area contributed by atoms with Crippen molar-refractivity contribution in [3.8, 4) is 0 Å². The fraction of sp³-hybridized carbons (Fsp3) is 0.778. The smallest absolute Gasteiger partial charge is 0.323 e. The SMILES string of the molecule is C/C=C\[C@@H]1C[C@H](C(=O)OC(C)(C)C)N[C@H]1[C@@H](NC(C)=O)[C@@H](O)CCO. The minimum Gasteiger partial charge on any atom is -0.459 e. The van der Waals surface area contributed by atoms with Gasteiger partial charge >= 0.3 is 5.97 Å². The zero-order valence-electron chi connectivity index (χ0n) is 15.8. The first-order chi connectivity index (χ1) is 11.6. The van der Waals surface area contributed by atoms with Gasteiger partial charge in [-0.15, -0.1) is 0 Å². The van der Waals surface area contributed by atoms with Crippen molar-refractivity contribution in [1.29, 1.82) is 0 Å². The molecule has 0 aromatic carbocycles. The molecule has 0 unspecified atom stereocenters. The van der Waals surface area contributed by atoms with Crippen molar-refractivity contribution in [3.05, 3.63) is 12.2 Å². The van der Waals surface area contributed by atoms with Crippen LogP contribution >= 0.6 is 0 Å². The van der Waals surface area contributed by atoms with Gasteiger partial charge in [0.1, 0.15) is 11.6 Å². The van der Waals surface area contributed by atoms with E-state index in [9.17, 15) is 14.7 Å². The van der Waals surface area contributed by atoms with E-state index in [1.807, 2.05) is 39.8 Å². The molecule has 1 fully saturated rings. The largest absolute Gasteiger partial charge is 0.459 e. The summed E-state index contributed by atoms with van der Waals surface area (Å²) in [5, 5.41) is 25.4. The van der Waals surface area contributed by atoms with Gasteiger partial charge in [0.15, 0.2) is 0 Å². The van der Waals surface area contributed by atoms with E-state index in [1.54, 1.807) is 0 Å². The van der Waals surface area contributed by atoms with E-state index >= 15 is 0 Å². The second kappa shape index (κ2) is 9.31. The van der Waals surface area contributed by atoms with Crippen LogP contribution in [0, 0.1) is 5.92 Å². The normalized spacial score (nSPS) is 26.4. The van der Waals surface area contributed by atoms with Crippen LogP contribution in [-0.2, 0) is 14.3 Å². The summed E-state index contributed by atoms with van der Waals surface area (Å²) >= 11 is 0. The third-order valence-electron chi connectivity index (χ3n) is 4.09. The summed E-state index contributed by atoms with van der Waals surface area (Å²) < 4.78 is 5.45. The number of carbonyl (C=O) groups excluding carboxylic acids is 2. The Morgan fingerprint density at radius 1 is 1.40 bits per heavy atom. The average molecular weight is 356 g/mol. The first-order valence-electron chi connectivity index (χ1n) is 8.76. The van der Waals surface area contributed by atoms with Crippen LogP contribution in [0.25, 0.3) is 0 Å². The highest BCUT2D eigenvalue weighted by molar-refractivity contribution is 5.77. The van der Waals surface area contributed by atoms with Gasteiger partial charge in [-0.25, -0.2) is 0 Å². The summed E-state index contributed by atoms with van der Waals surface area (Å²) in [6, 6.07) is -1.46. The van der Waals surface area contributed by atoms with Gasteiger partial charge in [-0.05, 0) is 46.5 Å². The lowest BCUT2D eigenvalue weighted by Gasteiger charge is -2.32. The number of ether oxygens (including phenoxy) is 1. The van der Waals surface area contributed by atoms with Crippen molar-refractivity contribution in [2.75, 3.05) is 6.61 Å². The number of aliphatic hydroxyl groups is 2. The van der Waals surface area contributed by atoms with E-state index in [1.165, 1.54) is 6.92 Å². The van der Waals surface area contributed by atoms with Gasteiger partial charge in [-0.3, -0.25) is 14.9 Å². The number of rotatable bonds is 7. The molecule has 0 radical (unpaired) electrons. The van der Waals surface area contributed by atoms with Gasteiger partial charge in [0.05, 0.1) is 12.1 Å².